The molecule has 26 heavy (non-hydrogen) atoms. The number of ether oxygens (including phenoxy) is 1. The molecule has 6 nitrogen and oxygen atoms in total. The van der Waals surface area contributed by atoms with E-state index in [4.69, 9.17) is 4.74 Å². The molecule has 2 fully saturated rings. The van der Waals surface area contributed by atoms with Crippen molar-refractivity contribution in [2.24, 2.45) is 0 Å². The van der Waals surface area contributed by atoms with Crippen LogP contribution in [0.4, 0.5) is 5.69 Å². The number of para-hydroxylation sites is 2. The average Bonchev–Trinajstić information content (AvgIpc) is 2.72. The molecule has 2 heterocycles. The van der Waals surface area contributed by atoms with Gasteiger partial charge in [-0.05, 0) is 38.6 Å². The summed E-state index contributed by atoms with van der Waals surface area (Å²) in [5.41, 5.74) is 1.22. The van der Waals surface area contributed by atoms with Crippen molar-refractivity contribution < 1.29 is 4.74 Å². The van der Waals surface area contributed by atoms with Crippen molar-refractivity contribution in [3.63, 3.8) is 0 Å². The normalized spacial score (nSPS) is 22.5. The number of piperazine rings is 2. The second-order valence-electron chi connectivity index (χ2n) is 7.23. The standard InChI is InChI=1S/C20H35N5O/c1-21-10-6-5-7-18-17-22-11-12-25(18)24-15-13-23(14-16-24)19-8-3-4-9-20(19)26-2/h3-4,8-9,18,21-22H,5-7,10-17H2,1-2H3. The number of nitrogens with zero attached hydrogens (tertiary/aromatic N) is 3. The van der Waals surface area contributed by atoms with Gasteiger partial charge in [0.15, 0.2) is 0 Å². The monoisotopic (exact) mass is 361 g/mol. The van der Waals surface area contributed by atoms with Crippen molar-refractivity contribution in [1.29, 1.82) is 0 Å². The highest BCUT2D eigenvalue weighted by Gasteiger charge is 2.29. The van der Waals surface area contributed by atoms with Gasteiger partial charge < -0.3 is 20.3 Å². The topological polar surface area (TPSA) is 43.0 Å². The third-order valence-corrected chi connectivity index (χ3v) is 5.58. The van der Waals surface area contributed by atoms with Gasteiger partial charge in [-0.15, -0.1) is 0 Å². The number of hydrazine groups is 1. The smallest absolute Gasteiger partial charge is 0.142 e. The van der Waals surface area contributed by atoms with Gasteiger partial charge in [-0.1, -0.05) is 18.6 Å². The van der Waals surface area contributed by atoms with E-state index in [0.717, 1.165) is 58.1 Å². The summed E-state index contributed by atoms with van der Waals surface area (Å²) in [5.74, 6) is 0.977. The fourth-order valence-corrected chi connectivity index (χ4v) is 4.14. The Morgan fingerprint density at radius 1 is 1.12 bits per heavy atom. The minimum absolute atomic E-state index is 0.637. The molecule has 2 aliphatic rings. The Kier molecular flexibility index (Phi) is 7.55. The van der Waals surface area contributed by atoms with Crippen molar-refractivity contribution in [2.45, 2.75) is 25.3 Å². The predicted octanol–water partition coefficient (Wildman–Crippen LogP) is 1.40. The van der Waals surface area contributed by atoms with Gasteiger partial charge in [-0.3, -0.25) is 0 Å². The highest BCUT2D eigenvalue weighted by molar-refractivity contribution is 5.58. The van der Waals surface area contributed by atoms with Crippen molar-refractivity contribution >= 4 is 5.69 Å². The average molecular weight is 362 g/mol. The van der Waals surface area contributed by atoms with Crippen LogP contribution in [-0.4, -0.2) is 82.6 Å². The maximum absolute atomic E-state index is 5.54. The van der Waals surface area contributed by atoms with Crippen molar-refractivity contribution in [3.05, 3.63) is 24.3 Å². The largest absolute Gasteiger partial charge is 0.495 e. The van der Waals surface area contributed by atoms with Crippen LogP contribution >= 0.6 is 0 Å². The molecule has 0 spiro atoms. The molecule has 1 atom stereocenters. The van der Waals surface area contributed by atoms with Gasteiger partial charge in [0.05, 0.1) is 12.8 Å². The molecule has 0 amide bonds. The Hall–Kier alpha value is -1.34. The number of methoxy groups -OCH3 is 1. The van der Waals surface area contributed by atoms with E-state index in [1.165, 1.54) is 24.9 Å². The number of hydrogen-bond donors (Lipinski definition) is 2. The van der Waals surface area contributed by atoms with Crippen LogP contribution in [0.5, 0.6) is 5.75 Å². The first-order valence-electron chi connectivity index (χ1n) is 10.1. The second-order valence-corrected chi connectivity index (χ2v) is 7.23. The summed E-state index contributed by atoms with van der Waals surface area (Å²) in [6.07, 6.45) is 3.84. The SMILES string of the molecule is CNCCCCC1CNCCN1N1CCN(c2ccccc2OC)CC1. The van der Waals surface area contributed by atoms with Crippen molar-refractivity contribution in [2.75, 3.05) is 71.4 Å². The number of hydrogen-bond acceptors (Lipinski definition) is 6. The van der Waals surface area contributed by atoms with Gasteiger partial charge in [0, 0.05) is 51.9 Å². The van der Waals surface area contributed by atoms with Gasteiger partial charge in [0.1, 0.15) is 5.75 Å². The van der Waals surface area contributed by atoms with Crippen molar-refractivity contribution in [1.82, 2.24) is 20.7 Å². The third kappa shape index (κ3) is 4.88. The van der Waals surface area contributed by atoms with Crippen LogP contribution in [-0.2, 0) is 0 Å². The minimum atomic E-state index is 0.637. The first-order chi connectivity index (χ1) is 12.8. The lowest BCUT2D eigenvalue weighted by Gasteiger charge is -2.47. The first kappa shape index (κ1) is 19.4. The lowest BCUT2D eigenvalue weighted by Crippen LogP contribution is -2.62. The quantitative estimate of drug-likeness (QED) is 0.683. The van der Waals surface area contributed by atoms with E-state index in [9.17, 15) is 0 Å². The molecule has 6 heteroatoms. The molecule has 1 aromatic rings. The summed E-state index contributed by atoms with van der Waals surface area (Å²) in [5, 5.41) is 12.1. The van der Waals surface area contributed by atoms with Gasteiger partial charge in [0.2, 0.25) is 0 Å². The van der Waals surface area contributed by atoms with Crippen LogP contribution < -0.4 is 20.3 Å². The second kappa shape index (κ2) is 10.1. The van der Waals surface area contributed by atoms with Crippen LogP contribution in [0.25, 0.3) is 0 Å². The molecule has 1 unspecified atom stereocenters. The van der Waals surface area contributed by atoms with E-state index < -0.39 is 0 Å². The van der Waals surface area contributed by atoms with Gasteiger partial charge in [-0.25, -0.2) is 10.0 Å². The molecule has 0 aliphatic carbocycles. The Bertz CT molecular complexity index is 533. The van der Waals surface area contributed by atoms with Gasteiger partial charge in [-0.2, -0.15) is 0 Å². The summed E-state index contributed by atoms with van der Waals surface area (Å²) in [6, 6.07) is 9.00. The predicted molar refractivity (Wildman–Crippen MR) is 108 cm³/mol. The number of nitrogens with one attached hydrogen (secondary N) is 2. The summed E-state index contributed by atoms with van der Waals surface area (Å²) < 4.78 is 5.54. The Balaban J connectivity index is 1.54. The highest BCUT2D eigenvalue weighted by atomic mass is 16.5. The zero-order valence-corrected chi connectivity index (χ0v) is 16.4. The van der Waals surface area contributed by atoms with Crippen LogP contribution in [0, 0.1) is 0 Å². The molecule has 2 saturated heterocycles. The minimum Gasteiger partial charge on any atom is -0.495 e. The molecule has 1 aromatic carbocycles. The molecular weight excluding hydrogens is 326 g/mol. The maximum Gasteiger partial charge on any atom is 0.142 e. The molecule has 0 saturated carbocycles. The van der Waals surface area contributed by atoms with E-state index in [1.54, 1.807) is 7.11 Å². The Morgan fingerprint density at radius 3 is 2.69 bits per heavy atom. The fraction of sp³-hybridized carbons (Fsp3) is 0.700. The third-order valence-electron chi connectivity index (χ3n) is 5.58. The summed E-state index contributed by atoms with van der Waals surface area (Å²) in [4.78, 5) is 2.46. The van der Waals surface area contributed by atoms with Gasteiger partial charge in [0.25, 0.3) is 0 Å². The highest BCUT2D eigenvalue weighted by Crippen LogP contribution is 2.28. The zero-order chi connectivity index (χ0) is 18.2. The van der Waals surface area contributed by atoms with Gasteiger partial charge >= 0.3 is 0 Å². The fourth-order valence-electron chi connectivity index (χ4n) is 4.14. The lowest BCUT2D eigenvalue weighted by atomic mass is 10.1. The number of unbranched alkanes of at least 4 members (excludes halogenated alkanes) is 1. The van der Waals surface area contributed by atoms with E-state index in [2.05, 4.69) is 43.8 Å². The maximum atomic E-state index is 5.54. The van der Waals surface area contributed by atoms with E-state index in [0.29, 0.717) is 6.04 Å². The zero-order valence-electron chi connectivity index (χ0n) is 16.4. The van der Waals surface area contributed by atoms with Crippen LogP contribution in [0.15, 0.2) is 24.3 Å². The Labute approximate surface area is 158 Å². The van der Waals surface area contributed by atoms with E-state index in [1.807, 2.05) is 13.1 Å². The number of benzene rings is 1. The first-order valence-corrected chi connectivity index (χ1v) is 10.1. The van der Waals surface area contributed by atoms with E-state index >= 15 is 0 Å². The molecule has 3 rings (SSSR count). The van der Waals surface area contributed by atoms with Crippen molar-refractivity contribution in [3.8, 4) is 5.75 Å². The summed E-state index contributed by atoms with van der Waals surface area (Å²) in [7, 11) is 3.80. The molecular formula is C20H35N5O. The molecule has 2 N–H and O–H groups in total. The summed E-state index contributed by atoms with van der Waals surface area (Å²) >= 11 is 0. The number of rotatable bonds is 8. The van der Waals surface area contributed by atoms with Crippen LogP contribution in [0.2, 0.25) is 0 Å². The lowest BCUT2D eigenvalue weighted by molar-refractivity contribution is -0.0774. The van der Waals surface area contributed by atoms with E-state index in [-0.39, 0.29) is 0 Å². The molecule has 0 aromatic heterocycles. The number of anilines is 1. The van der Waals surface area contributed by atoms with Crippen LogP contribution in [0.1, 0.15) is 19.3 Å². The molecule has 146 valence electrons. The molecule has 2 aliphatic heterocycles. The summed E-state index contributed by atoms with van der Waals surface area (Å²) in [6.45, 7) is 8.75. The Morgan fingerprint density at radius 2 is 1.92 bits per heavy atom. The molecule has 0 bridgehead atoms. The molecule has 0 radical (unpaired) electrons. The van der Waals surface area contributed by atoms with Crippen LogP contribution in [0.3, 0.4) is 0 Å².